The second kappa shape index (κ2) is 4.91. The van der Waals surface area contributed by atoms with E-state index in [2.05, 4.69) is 4.98 Å². The molecule has 86 valence electrons. The van der Waals surface area contributed by atoms with Crippen LogP contribution in [0.15, 0.2) is 42.5 Å². The number of benzene rings is 1. The summed E-state index contributed by atoms with van der Waals surface area (Å²) in [6.45, 7) is 3.81. The topological polar surface area (TPSA) is 30.0 Å². The third kappa shape index (κ3) is 2.78. The van der Waals surface area contributed by atoms with Crippen LogP contribution in [0.4, 0.5) is 0 Å². The Labute approximate surface area is 101 Å². The van der Waals surface area contributed by atoms with Crippen molar-refractivity contribution in [2.75, 3.05) is 0 Å². The van der Waals surface area contributed by atoms with E-state index in [4.69, 9.17) is 0 Å². The Kier molecular flexibility index (Phi) is 3.33. The van der Waals surface area contributed by atoms with Crippen LogP contribution in [-0.2, 0) is 6.42 Å². The van der Waals surface area contributed by atoms with Crippen LogP contribution >= 0.6 is 0 Å². The zero-order valence-electron chi connectivity index (χ0n) is 10.1. The summed E-state index contributed by atoms with van der Waals surface area (Å²) in [5, 5.41) is 0. The predicted molar refractivity (Wildman–Crippen MR) is 68.2 cm³/mol. The largest absolute Gasteiger partial charge is 0.294 e. The van der Waals surface area contributed by atoms with Gasteiger partial charge in [0.15, 0.2) is 5.78 Å². The molecule has 17 heavy (non-hydrogen) atoms. The van der Waals surface area contributed by atoms with Crippen LogP contribution in [0.25, 0.3) is 0 Å². The maximum absolute atomic E-state index is 12.1. The van der Waals surface area contributed by atoms with E-state index in [-0.39, 0.29) is 5.78 Å². The fourth-order valence-corrected chi connectivity index (χ4v) is 1.86. The lowest BCUT2D eigenvalue weighted by Gasteiger charge is -2.05. The van der Waals surface area contributed by atoms with Crippen LogP contribution < -0.4 is 0 Å². The van der Waals surface area contributed by atoms with Gasteiger partial charge in [-0.15, -0.1) is 0 Å². The van der Waals surface area contributed by atoms with Gasteiger partial charge in [0.1, 0.15) is 0 Å². The van der Waals surface area contributed by atoms with Crippen LogP contribution in [0.5, 0.6) is 0 Å². The molecule has 1 heterocycles. The molecule has 2 nitrogen and oxygen atoms in total. The van der Waals surface area contributed by atoms with E-state index in [9.17, 15) is 4.79 Å². The van der Waals surface area contributed by atoms with E-state index in [0.29, 0.717) is 6.42 Å². The average molecular weight is 225 g/mol. The smallest absolute Gasteiger partial charge is 0.169 e. The van der Waals surface area contributed by atoms with Gasteiger partial charge in [0.05, 0.1) is 0 Å². The van der Waals surface area contributed by atoms with Crippen molar-refractivity contribution in [1.82, 2.24) is 4.98 Å². The van der Waals surface area contributed by atoms with Crippen molar-refractivity contribution in [2.45, 2.75) is 20.3 Å². The van der Waals surface area contributed by atoms with Crippen LogP contribution in [0.1, 0.15) is 27.3 Å². The number of aromatic nitrogens is 1. The molecule has 0 unspecified atom stereocenters. The molecule has 0 amide bonds. The van der Waals surface area contributed by atoms with E-state index in [1.165, 1.54) is 0 Å². The van der Waals surface area contributed by atoms with Gasteiger partial charge in [-0.25, -0.2) is 0 Å². The Morgan fingerprint density at radius 2 is 1.76 bits per heavy atom. The lowest BCUT2D eigenvalue weighted by molar-refractivity contribution is 0.0992. The lowest BCUT2D eigenvalue weighted by atomic mass is 10.0. The monoisotopic (exact) mass is 225 g/mol. The number of nitrogens with zero attached hydrogens (tertiary/aromatic N) is 1. The normalized spacial score (nSPS) is 10.2. The van der Waals surface area contributed by atoms with E-state index >= 15 is 0 Å². The standard InChI is InChI=1S/C15H15NO/c1-11-8-9-14(12(2)16-11)15(17)10-13-6-4-3-5-7-13/h3-9H,10H2,1-2H3. The fourth-order valence-electron chi connectivity index (χ4n) is 1.86. The summed E-state index contributed by atoms with van der Waals surface area (Å²) >= 11 is 0. The maximum Gasteiger partial charge on any atom is 0.169 e. The first-order valence-corrected chi connectivity index (χ1v) is 5.68. The summed E-state index contributed by atoms with van der Waals surface area (Å²) in [5.41, 5.74) is 3.52. The summed E-state index contributed by atoms with van der Waals surface area (Å²) in [6.07, 6.45) is 0.437. The first-order valence-electron chi connectivity index (χ1n) is 5.68. The molecule has 0 radical (unpaired) electrons. The van der Waals surface area contributed by atoms with Gasteiger partial charge in [-0.1, -0.05) is 30.3 Å². The summed E-state index contributed by atoms with van der Waals surface area (Å²) in [7, 11) is 0. The van der Waals surface area contributed by atoms with Gasteiger partial charge < -0.3 is 0 Å². The zero-order valence-corrected chi connectivity index (χ0v) is 10.1. The molecule has 1 aromatic heterocycles. The van der Waals surface area contributed by atoms with E-state index in [1.807, 2.05) is 56.3 Å². The molecule has 2 aromatic rings. The van der Waals surface area contributed by atoms with Crippen LogP contribution in [-0.4, -0.2) is 10.8 Å². The number of aryl methyl sites for hydroxylation is 2. The molecule has 0 saturated carbocycles. The molecule has 0 aliphatic heterocycles. The first kappa shape index (κ1) is 11.5. The third-order valence-electron chi connectivity index (χ3n) is 2.73. The lowest BCUT2D eigenvalue weighted by Crippen LogP contribution is -2.07. The van der Waals surface area contributed by atoms with Crippen molar-refractivity contribution >= 4 is 5.78 Å². The molecule has 0 saturated heterocycles. The molecule has 2 heteroatoms. The minimum Gasteiger partial charge on any atom is -0.294 e. The highest BCUT2D eigenvalue weighted by Gasteiger charge is 2.10. The highest BCUT2D eigenvalue weighted by molar-refractivity contribution is 5.98. The Morgan fingerprint density at radius 3 is 2.41 bits per heavy atom. The summed E-state index contributed by atoms with van der Waals surface area (Å²) in [4.78, 5) is 16.4. The number of hydrogen-bond acceptors (Lipinski definition) is 2. The third-order valence-corrected chi connectivity index (χ3v) is 2.73. The number of rotatable bonds is 3. The first-order chi connectivity index (χ1) is 8.16. The minimum absolute atomic E-state index is 0.126. The van der Waals surface area contributed by atoms with Crippen molar-refractivity contribution in [3.63, 3.8) is 0 Å². The van der Waals surface area contributed by atoms with Crippen molar-refractivity contribution in [2.24, 2.45) is 0 Å². The summed E-state index contributed by atoms with van der Waals surface area (Å²) in [6, 6.07) is 13.5. The molecular weight excluding hydrogens is 210 g/mol. The molecule has 0 aliphatic carbocycles. The van der Waals surface area contributed by atoms with Gasteiger partial charge in [-0.05, 0) is 31.5 Å². The molecule has 0 atom stereocenters. The Morgan fingerprint density at radius 1 is 1.06 bits per heavy atom. The molecular formula is C15H15NO. The highest BCUT2D eigenvalue weighted by atomic mass is 16.1. The quantitative estimate of drug-likeness (QED) is 0.751. The van der Waals surface area contributed by atoms with E-state index in [1.54, 1.807) is 0 Å². The van der Waals surface area contributed by atoms with Crippen molar-refractivity contribution in [1.29, 1.82) is 0 Å². The van der Waals surface area contributed by atoms with Gasteiger partial charge in [0.25, 0.3) is 0 Å². The van der Waals surface area contributed by atoms with Crippen LogP contribution in [0.2, 0.25) is 0 Å². The Balaban J connectivity index is 2.21. The molecule has 2 rings (SSSR count). The number of carbonyl (C=O) groups excluding carboxylic acids is 1. The molecule has 0 bridgehead atoms. The summed E-state index contributed by atoms with van der Waals surface area (Å²) in [5.74, 6) is 0.126. The Hall–Kier alpha value is -1.96. The van der Waals surface area contributed by atoms with Gasteiger partial charge in [0.2, 0.25) is 0 Å². The second-order valence-corrected chi connectivity index (χ2v) is 4.17. The number of Topliss-reactive ketones (excluding diaryl/α,β-unsaturated/α-hetero) is 1. The SMILES string of the molecule is Cc1ccc(C(=O)Cc2ccccc2)c(C)n1. The minimum atomic E-state index is 0.126. The predicted octanol–water partition coefficient (Wildman–Crippen LogP) is 3.12. The maximum atomic E-state index is 12.1. The van der Waals surface area contributed by atoms with E-state index < -0.39 is 0 Å². The zero-order chi connectivity index (χ0) is 12.3. The van der Waals surface area contributed by atoms with Crippen molar-refractivity contribution in [3.05, 3.63) is 65.0 Å². The van der Waals surface area contributed by atoms with Crippen molar-refractivity contribution < 1.29 is 4.79 Å². The molecule has 1 aromatic carbocycles. The highest BCUT2D eigenvalue weighted by Crippen LogP contribution is 2.11. The fraction of sp³-hybridized carbons (Fsp3) is 0.200. The van der Waals surface area contributed by atoms with Gasteiger partial charge in [0, 0.05) is 23.4 Å². The number of carbonyl (C=O) groups is 1. The van der Waals surface area contributed by atoms with E-state index in [0.717, 1.165) is 22.5 Å². The molecule has 0 spiro atoms. The van der Waals surface area contributed by atoms with Crippen molar-refractivity contribution in [3.8, 4) is 0 Å². The second-order valence-electron chi connectivity index (χ2n) is 4.17. The molecule has 0 fully saturated rings. The molecule has 0 N–H and O–H groups in total. The number of ketones is 1. The van der Waals surface area contributed by atoms with Crippen LogP contribution in [0, 0.1) is 13.8 Å². The van der Waals surface area contributed by atoms with Crippen LogP contribution in [0.3, 0.4) is 0 Å². The van der Waals surface area contributed by atoms with Gasteiger partial charge >= 0.3 is 0 Å². The average Bonchev–Trinajstić information content (AvgIpc) is 2.30. The van der Waals surface area contributed by atoms with Gasteiger partial charge in [-0.3, -0.25) is 9.78 Å². The molecule has 0 aliphatic rings. The number of pyridine rings is 1. The summed E-state index contributed by atoms with van der Waals surface area (Å²) < 4.78 is 0. The number of hydrogen-bond donors (Lipinski definition) is 0. The van der Waals surface area contributed by atoms with Gasteiger partial charge in [-0.2, -0.15) is 0 Å². The Bertz CT molecular complexity index is 532.